The molecule has 2 aliphatic heterocycles. The second-order valence-electron chi connectivity index (χ2n) is 7.61. The minimum Gasteiger partial charge on any atom is -0.355 e. The second kappa shape index (κ2) is 8.72. The van der Waals surface area contributed by atoms with Gasteiger partial charge >= 0.3 is 0 Å². The van der Waals surface area contributed by atoms with Crippen LogP contribution in [0.2, 0.25) is 5.02 Å². The number of amides is 1. The largest absolute Gasteiger partial charge is 0.355 e. The summed E-state index contributed by atoms with van der Waals surface area (Å²) in [5.74, 6) is 0.663. The zero-order valence-corrected chi connectivity index (χ0v) is 17.1. The van der Waals surface area contributed by atoms with E-state index in [0.717, 1.165) is 22.8 Å². The molecule has 6 heteroatoms. The van der Waals surface area contributed by atoms with Crippen molar-refractivity contribution in [3.63, 3.8) is 0 Å². The van der Waals surface area contributed by atoms with Gasteiger partial charge in [-0.3, -0.25) is 4.79 Å². The number of aromatic nitrogens is 1. The smallest absolute Gasteiger partial charge is 0.226 e. The molecule has 0 saturated carbocycles. The molecule has 0 bridgehead atoms. The van der Waals surface area contributed by atoms with Crippen molar-refractivity contribution in [3.05, 3.63) is 40.4 Å². The first kappa shape index (κ1) is 18.9. The molecule has 2 aromatic rings. The van der Waals surface area contributed by atoms with Gasteiger partial charge in [0.25, 0.3) is 0 Å². The average molecular weight is 404 g/mol. The van der Waals surface area contributed by atoms with Gasteiger partial charge < -0.3 is 10.2 Å². The number of thiazole rings is 1. The number of nitrogens with zero attached hydrogens (tertiary/aromatic N) is 2. The van der Waals surface area contributed by atoms with E-state index in [9.17, 15) is 4.79 Å². The van der Waals surface area contributed by atoms with Crippen LogP contribution in [0.15, 0.2) is 29.6 Å². The predicted molar refractivity (Wildman–Crippen MR) is 111 cm³/mol. The fourth-order valence-electron chi connectivity index (χ4n) is 4.43. The van der Waals surface area contributed by atoms with E-state index in [1.165, 1.54) is 56.5 Å². The molecule has 144 valence electrons. The Labute approximate surface area is 169 Å². The Morgan fingerprint density at radius 2 is 2.07 bits per heavy atom. The molecule has 3 heterocycles. The third-order valence-electron chi connectivity index (χ3n) is 5.79. The van der Waals surface area contributed by atoms with E-state index in [0.29, 0.717) is 23.4 Å². The normalized spacial score (nSPS) is 23.0. The van der Waals surface area contributed by atoms with Gasteiger partial charge in [-0.2, -0.15) is 0 Å². The quantitative estimate of drug-likeness (QED) is 0.805. The SMILES string of the molecule is O=C(Cc1csc(-c2ccccc2Cl)n1)NCC1CCCN2CCCCC12. The van der Waals surface area contributed by atoms with Crippen molar-refractivity contribution >= 4 is 28.8 Å². The molecule has 4 rings (SSSR count). The Bertz CT molecular complexity index is 791. The van der Waals surface area contributed by atoms with Crippen LogP contribution in [0, 0.1) is 5.92 Å². The molecule has 2 unspecified atom stereocenters. The lowest BCUT2D eigenvalue weighted by molar-refractivity contribution is -0.120. The third-order valence-corrected chi connectivity index (χ3v) is 7.04. The van der Waals surface area contributed by atoms with E-state index in [1.54, 1.807) is 0 Å². The van der Waals surface area contributed by atoms with E-state index in [-0.39, 0.29) is 5.91 Å². The molecule has 2 fully saturated rings. The fraction of sp³-hybridized carbons (Fsp3) is 0.524. The van der Waals surface area contributed by atoms with E-state index in [1.807, 2.05) is 29.6 Å². The van der Waals surface area contributed by atoms with Crippen LogP contribution in [0.3, 0.4) is 0 Å². The highest BCUT2D eigenvalue weighted by Gasteiger charge is 2.32. The van der Waals surface area contributed by atoms with Crippen molar-refractivity contribution in [3.8, 4) is 10.6 Å². The molecule has 4 nitrogen and oxygen atoms in total. The minimum atomic E-state index is 0.0685. The summed E-state index contributed by atoms with van der Waals surface area (Å²) in [6, 6.07) is 8.35. The number of hydrogen-bond donors (Lipinski definition) is 1. The lowest BCUT2D eigenvalue weighted by Crippen LogP contribution is -2.51. The van der Waals surface area contributed by atoms with E-state index >= 15 is 0 Å². The third kappa shape index (κ3) is 4.53. The van der Waals surface area contributed by atoms with Gasteiger partial charge in [0.1, 0.15) is 5.01 Å². The highest BCUT2D eigenvalue weighted by Crippen LogP contribution is 2.31. The molecular weight excluding hydrogens is 378 g/mol. The summed E-state index contributed by atoms with van der Waals surface area (Å²) in [6.45, 7) is 3.26. The number of rotatable bonds is 5. The van der Waals surface area contributed by atoms with Gasteiger partial charge in [-0.1, -0.05) is 36.2 Å². The van der Waals surface area contributed by atoms with Crippen LogP contribution < -0.4 is 5.32 Å². The maximum Gasteiger partial charge on any atom is 0.226 e. The second-order valence-corrected chi connectivity index (χ2v) is 8.87. The van der Waals surface area contributed by atoms with Crippen molar-refractivity contribution < 1.29 is 4.79 Å². The van der Waals surface area contributed by atoms with Crippen molar-refractivity contribution in [2.75, 3.05) is 19.6 Å². The summed E-state index contributed by atoms with van der Waals surface area (Å²) >= 11 is 7.79. The summed E-state index contributed by atoms with van der Waals surface area (Å²) in [7, 11) is 0. The predicted octanol–water partition coefficient (Wildman–Crippen LogP) is 4.39. The van der Waals surface area contributed by atoms with Gasteiger partial charge in [-0.25, -0.2) is 4.98 Å². The molecular formula is C21H26ClN3OS. The van der Waals surface area contributed by atoms with Gasteiger partial charge in [0.15, 0.2) is 0 Å². The van der Waals surface area contributed by atoms with Crippen molar-refractivity contribution in [2.45, 2.75) is 44.6 Å². The van der Waals surface area contributed by atoms with Gasteiger partial charge in [0.2, 0.25) is 5.91 Å². The molecule has 0 radical (unpaired) electrons. The molecule has 2 aliphatic rings. The van der Waals surface area contributed by atoms with Crippen LogP contribution in [0.25, 0.3) is 10.6 Å². The number of benzene rings is 1. The van der Waals surface area contributed by atoms with Crippen molar-refractivity contribution in [1.29, 1.82) is 0 Å². The number of nitrogens with one attached hydrogen (secondary N) is 1. The van der Waals surface area contributed by atoms with Gasteiger partial charge in [-0.15, -0.1) is 11.3 Å². The maximum atomic E-state index is 12.4. The fourth-order valence-corrected chi connectivity index (χ4v) is 5.57. The maximum absolute atomic E-state index is 12.4. The Kier molecular flexibility index (Phi) is 6.11. The molecule has 1 N–H and O–H groups in total. The lowest BCUT2D eigenvalue weighted by atomic mass is 9.83. The van der Waals surface area contributed by atoms with Crippen LogP contribution in [-0.4, -0.2) is 41.5 Å². The molecule has 1 aromatic heterocycles. The number of hydrogen-bond acceptors (Lipinski definition) is 4. The standard InChI is InChI=1S/C21H26ClN3OS/c22-18-8-2-1-7-17(18)21-24-16(14-27-21)12-20(26)23-13-15-6-5-11-25-10-4-3-9-19(15)25/h1-2,7-8,14-15,19H,3-6,9-13H2,(H,23,26). The zero-order chi connectivity index (χ0) is 18.6. The summed E-state index contributed by atoms with van der Waals surface area (Å²) in [5, 5.41) is 6.69. The number of carbonyl (C=O) groups is 1. The van der Waals surface area contributed by atoms with Crippen molar-refractivity contribution in [1.82, 2.24) is 15.2 Å². The van der Waals surface area contributed by atoms with Crippen molar-refractivity contribution in [2.24, 2.45) is 5.92 Å². The first-order valence-corrected chi connectivity index (χ1v) is 11.2. The Balaban J connectivity index is 1.31. The number of fused-ring (bicyclic) bond motifs is 1. The molecule has 0 spiro atoms. The molecule has 2 atom stereocenters. The van der Waals surface area contributed by atoms with Gasteiger partial charge in [-0.05, 0) is 50.8 Å². The highest BCUT2D eigenvalue weighted by atomic mass is 35.5. The summed E-state index contributed by atoms with van der Waals surface area (Å²) in [6.07, 6.45) is 6.76. The van der Waals surface area contributed by atoms with E-state index in [4.69, 9.17) is 11.6 Å². The summed E-state index contributed by atoms with van der Waals surface area (Å²) in [5.41, 5.74) is 1.74. The monoisotopic (exact) mass is 403 g/mol. The van der Waals surface area contributed by atoms with Crippen LogP contribution in [0.4, 0.5) is 0 Å². The summed E-state index contributed by atoms with van der Waals surface area (Å²) in [4.78, 5) is 19.7. The first-order valence-electron chi connectivity index (χ1n) is 9.91. The van der Waals surface area contributed by atoms with E-state index in [2.05, 4.69) is 15.2 Å². The molecule has 2 saturated heterocycles. The minimum absolute atomic E-state index is 0.0685. The Hall–Kier alpha value is -1.43. The number of halogens is 1. The Morgan fingerprint density at radius 1 is 1.22 bits per heavy atom. The summed E-state index contributed by atoms with van der Waals surface area (Å²) < 4.78 is 0. The van der Waals surface area contributed by atoms with Crippen LogP contribution in [0.1, 0.15) is 37.8 Å². The van der Waals surface area contributed by atoms with Gasteiger partial charge in [0.05, 0.1) is 17.1 Å². The topological polar surface area (TPSA) is 45.2 Å². The van der Waals surface area contributed by atoms with Crippen LogP contribution in [0.5, 0.6) is 0 Å². The number of piperidine rings is 2. The molecule has 1 amide bonds. The zero-order valence-electron chi connectivity index (χ0n) is 15.5. The van der Waals surface area contributed by atoms with Crippen LogP contribution >= 0.6 is 22.9 Å². The van der Waals surface area contributed by atoms with E-state index < -0.39 is 0 Å². The molecule has 1 aromatic carbocycles. The van der Waals surface area contributed by atoms with Crippen LogP contribution in [-0.2, 0) is 11.2 Å². The van der Waals surface area contributed by atoms with Gasteiger partial charge in [0, 0.05) is 23.5 Å². The lowest BCUT2D eigenvalue weighted by Gasteiger charge is -2.44. The molecule has 27 heavy (non-hydrogen) atoms. The number of carbonyl (C=O) groups excluding carboxylic acids is 1. The first-order chi connectivity index (χ1) is 13.2. The highest BCUT2D eigenvalue weighted by molar-refractivity contribution is 7.13. The Morgan fingerprint density at radius 3 is 2.96 bits per heavy atom. The average Bonchev–Trinajstić information content (AvgIpc) is 3.15. The molecule has 0 aliphatic carbocycles.